The highest BCUT2D eigenvalue weighted by atomic mass is 16.5. The molecule has 138 valence electrons. The molecule has 1 aromatic rings. The van der Waals surface area contributed by atoms with Crippen molar-refractivity contribution in [3.63, 3.8) is 0 Å². The number of unbranched alkanes of at least 4 members (excludes halogenated alkanes) is 2. The molecule has 2 aliphatic carbocycles. The number of benzene rings is 1. The van der Waals surface area contributed by atoms with Gasteiger partial charge in [-0.05, 0) is 49.7 Å². The van der Waals surface area contributed by atoms with E-state index >= 15 is 0 Å². The third kappa shape index (κ3) is 2.83. The zero-order valence-electron chi connectivity index (χ0n) is 15.1. The molecule has 1 aliphatic heterocycles. The van der Waals surface area contributed by atoms with Gasteiger partial charge in [0.25, 0.3) is 0 Å². The zero-order valence-corrected chi connectivity index (χ0v) is 15.1. The normalized spacial score (nSPS) is 29.3. The van der Waals surface area contributed by atoms with Crippen molar-refractivity contribution < 1.29 is 19.1 Å². The van der Waals surface area contributed by atoms with Gasteiger partial charge in [0.1, 0.15) is 5.75 Å². The van der Waals surface area contributed by atoms with Gasteiger partial charge >= 0.3 is 5.97 Å². The fourth-order valence-corrected chi connectivity index (χ4v) is 5.05. The molecule has 4 atom stereocenters. The molecule has 0 aromatic heterocycles. The molecule has 1 aromatic carbocycles. The van der Waals surface area contributed by atoms with Crippen LogP contribution >= 0.6 is 0 Å². The van der Waals surface area contributed by atoms with E-state index in [0.717, 1.165) is 38.5 Å². The summed E-state index contributed by atoms with van der Waals surface area (Å²) in [6.45, 7) is 2.08. The van der Waals surface area contributed by atoms with Crippen LogP contribution in [-0.2, 0) is 14.4 Å². The Hall–Kier alpha value is -2.17. The summed E-state index contributed by atoms with van der Waals surface area (Å²) >= 11 is 0. The van der Waals surface area contributed by atoms with Gasteiger partial charge in [0, 0.05) is 12.5 Å². The van der Waals surface area contributed by atoms with E-state index in [1.807, 2.05) is 0 Å². The average Bonchev–Trinajstić information content (AvgIpc) is 3.29. The molecule has 4 rings (SSSR count). The van der Waals surface area contributed by atoms with Crippen LogP contribution in [0.1, 0.15) is 51.9 Å². The lowest BCUT2D eigenvalue weighted by Crippen LogP contribution is -2.32. The van der Waals surface area contributed by atoms with Crippen LogP contribution in [0, 0.1) is 23.7 Å². The van der Waals surface area contributed by atoms with Crippen LogP contribution in [0.4, 0.5) is 5.69 Å². The standard InChI is InChI=1S/C21H25NO4/c1-2-3-4-8-17(23)26-16-7-5-6-15(12-16)22-20(24)18-13-9-10-14(11-13)19(18)21(22)25/h5-7,12-14,18-19H,2-4,8-11H2,1H3/t13-,14-,18-,19-/m0/s1. The summed E-state index contributed by atoms with van der Waals surface area (Å²) in [5.74, 6) is 0.437. The van der Waals surface area contributed by atoms with Gasteiger partial charge in [-0.1, -0.05) is 25.8 Å². The van der Waals surface area contributed by atoms with Gasteiger partial charge in [0.15, 0.2) is 0 Å². The molecule has 3 aliphatic rings. The summed E-state index contributed by atoms with van der Waals surface area (Å²) in [6.07, 6.45) is 6.39. The molecule has 2 amide bonds. The summed E-state index contributed by atoms with van der Waals surface area (Å²) in [4.78, 5) is 39.0. The third-order valence-electron chi connectivity index (χ3n) is 6.22. The number of amides is 2. The molecule has 0 N–H and O–H groups in total. The maximum absolute atomic E-state index is 12.9. The average molecular weight is 355 g/mol. The largest absolute Gasteiger partial charge is 0.426 e. The minimum Gasteiger partial charge on any atom is -0.426 e. The Morgan fingerprint density at radius 2 is 1.81 bits per heavy atom. The number of esters is 1. The molecule has 2 saturated carbocycles. The van der Waals surface area contributed by atoms with Gasteiger partial charge in [0.2, 0.25) is 11.8 Å². The topological polar surface area (TPSA) is 63.7 Å². The second-order valence-corrected chi connectivity index (χ2v) is 7.83. The number of hydrogen-bond acceptors (Lipinski definition) is 4. The number of carbonyl (C=O) groups is 3. The summed E-state index contributed by atoms with van der Waals surface area (Å²) in [7, 11) is 0. The van der Waals surface area contributed by atoms with E-state index in [4.69, 9.17) is 4.74 Å². The molecular formula is C21H25NO4. The Bertz CT molecular complexity index is 715. The van der Waals surface area contributed by atoms with Crippen molar-refractivity contribution in [3.05, 3.63) is 24.3 Å². The number of hydrogen-bond donors (Lipinski definition) is 0. The van der Waals surface area contributed by atoms with Crippen LogP contribution in [0.5, 0.6) is 5.75 Å². The smallest absolute Gasteiger partial charge is 0.311 e. The van der Waals surface area contributed by atoms with Crippen LogP contribution in [0.3, 0.4) is 0 Å². The number of rotatable bonds is 6. The Labute approximate surface area is 153 Å². The molecule has 0 spiro atoms. The molecule has 3 fully saturated rings. The van der Waals surface area contributed by atoms with Gasteiger partial charge in [-0.25, -0.2) is 4.90 Å². The molecular weight excluding hydrogens is 330 g/mol. The summed E-state index contributed by atoms with van der Waals surface area (Å²) in [5, 5.41) is 0. The maximum atomic E-state index is 12.9. The molecule has 2 bridgehead atoms. The second kappa shape index (κ2) is 6.86. The monoisotopic (exact) mass is 355 g/mol. The predicted molar refractivity (Wildman–Crippen MR) is 96.5 cm³/mol. The second-order valence-electron chi connectivity index (χ2n) is 7.83. The first kappa shape index (κ1) is 17.3. The fourth-order valence-electron chi connectivity index (χ4n) is 5.05. The molecule has 1 saturated heterocycles. The van der Waals surface area contributed by atoms with Gasteiger partial charge in [-0.15, -0.1) is 0 Å². The number of nitrogens with zero attached hydrogens (tertiary/aromatic N) is 1. The van der Waals surface area contributed by atoms with Crippen LogP contribution in [0.2, 0.25) is 0 Å². The molecule has 5 nitrogen and oxygen atoms in total. The highest BCUT2D eigenvalue weighted by molar-refractivity contribution is 6.22. The molecule has 1 heterocycles. The Balaban J connectivity index is 1.49. The number of fused-ring (bicyclic) bond motifs is 5. The van der Waals surface area contributed by atoms with Crippen molar-refractivity contribution in [2.75, 3.05) is 4.90 Å². The fraction of sp³-hybridized carbons (Fsp3) is 0.571. The lowest BCUT2D eigenvalue weighted by molar-refractivity contribution is -0.134. The Kier molecular flexibility index (Phi) is 4.55. The third-order valence-corrected chi connectivity index (χ3v) is 6.22. The van der Waals surface area contributed by atoms with Gasteiger partial charge in [0.05, 0.1) is 17.5 Å². The van der Waals surface area contributed by atoms with Crippen LogP contribution in [-0.4, -0.2) is 17.8 Å². The molecule has 26 heavy (non-hydrogen) atoms. The first-order chi connectivity index (χ1) is 12.6. The van der Waals surface area contributed by atoms with Crippen molar-refractivity contribution in [2.24, 2.45) is 23.7 Å². The quantitative estimate of drug-likeness (QED) is 0.338. The van der Waals surface area contributed by atoms with Crippen molar-refractivity contribution in [2.45, 2.75) is 51.9 Å². The van der Waals surface area contributed by atoms with Gasteiger partial charge in [-0.2, -0.15) is 0 Å². The summed E-state index contributed by atoms with van der Waals surface area (Å²) in [6, 6.07) is 6.80. The minimum atomic E-state index is -0.274. The molecule has 0 unspecified atom stereocenters. The molecule has 5 heteroatoms. The number of anilines is 1. The SMILES string of the molecule is CCCCCC(=O)Oc1cccc(N2C(=O)[C@H]3[C@H]4CC[C@@H](C4)[C@@H]3C2=O)c1. The van der Waals surface area contributed by atoms with E-state index in [9.17, 15) is 14.4 Å². The number of carbonyl (C=O) groups excluding carboxylic acids is 3. The van der Waals surface area contributed by atoms with E-state index in [2.05, 4.69) is 6.92 Å². The zero-order chi connectivity index (χ0) is 18.3. The van der Waals surface area contributed by atoms with Crippen molar-refractivity contribution in [1.82, 2.24) is 0 Å². The van der Waals surface area contributed by atoms with Crippen molar-refractivity contribution in [3.8, 4) is 5.75 Å². The Morgan fingerprint density at radius 1 is 1.12 bits per heavy atom. The minimum absolute atomic E-state index is 0.0707. The van der Waals surface area contributed by atoms with Crippen molar-refractivity contribution in [1.29, 1.82) is 0 Å². The highest BCUT2D eigenvalue weighted by Gasteiger charge is 2.61. The number of ether oxygens (including phenoxy) is 1. The van der Waals surface area contributed by atoms with E-state index in [-0.39, 0.29) is 29.6 Å². The van der Waals surface area contributed by atoms with Gasteiger partial charge < -0.3 is 4.74 Å². The summed E-state index contributed by atoms with van der Waals surface area (Å²) in [5.41, 5.74) is 0.521. The highest BCUT2D eigenvalue weighted by Crippen LogP contribution is 2.56. The molecule has 0 radical (unpaired) electrons. The first-order valence-corrected chi connectivity index (χ1v) is 9.78. The first-order valence-electron chi connectivity index (χ1n) is 9.78. The summed E-state index contributed by atoms with van der Waals surface area (Å²) < 4.78 is 5.39. The lowest BCUT2D eigenvalue weighted by Gasteiger charge is -2.19. The van der Waals surface area contributed by atoms with E-state index in [1.165, 1.54) is 4.90 Å². The van der Waals surface area contributed by atoms with Crippen molar-refractivity contribution >= 4 is 23.5 Å². The Morgan fingerprint density at radius 3 is 2.46 bits per heavy atom. The van der Waals surface area contributed by atoms with E-state index in [0.29, 0.717) is 29.7 Å². The lowest BCUT2D eigenvalue weighted by atomic mass is 9.81. The predicted octanol–water partition coefficient (Wildman–Crippen LogP) is 3.71. The van der Waals surface area contributed by atoms with Crippen LogP contribution in [0.15, 0.2) is 24.3 Å². The van der Waals surface area contributed by atoms with Crippen LogP contribution < -0.4 is 9.64 Å². The number of imide groups is 1. The maximum Gasteiger partial charge on any atom is 0.311 e. The van der Waals surface area contributed by atoms with Gasteiger partial charge in [-0.3, -0.25) is 14.4 Å². The van der Waals surface area contributed by atoms with E-state index in [1.54, 1.807) is 24.3 Å². The van der Waals surface area contributed by atoms with E-state index < -0.39 is 0 Å². The van der Waals surface area contributed by atoms with Crippen LogP contribution in [0.25, 0.3) is 0 Å².